The zero-order valence-electron chi connectivity index (χ0n) is 35.1. The van der Waals surface area contributed by atoms with Gasteiger partial charge in [-0.05, 0) is 25.7 Å². The average molecular weight is 695 g/mol. The molecule has 0 nitrogen and oxygen atoms in total. The molecule has 0 aliphatic heterocycles. The van der Waals surface area contributed by atoms with Crippen LogP contribution in [0.4, 0.5) is 0 Å². The van der Waals surface area contributed by atoms with Crippen molar-refractivity contribution in [3.63, 3.8) is 0 Å². The van der Waals surface area contributed by atoms with Crippen molar-refractivity contribution in [2.45, 2.75) is 296 Å². The third-order valence-corrected chi connectivity index (χ3v) is 10.9. The van der Waals surface area contributed by atoms with Crippen LogP contribution in [0.1, 0.15) is 296 Å². The minimum Gasteiger partial charge on any atom is -0.103 e. The molecule has 0 fully saturated rings. The molecule has 0 unspecified atom stereocenters. The van der Waals surface area contributed by atoms with E-state index in [1.54, 1.807) is 0 Å². The predicted molar refractivity (Wildman–Crippen MR) is 230 cm³/mol. The van der Waals surface area contributed by atoms with Gasteiger partial charge in [0, 0.05) is 25.7 Å². The molecule has 0 rings (SSSR count). The van der Waals surface area contributed by atoms with Crippen molar-refractivity contribution in [2.75, 3.05) is 0 Å². The summed E-state index contributed by atoms with van der Waals surface area (Å²) in [6, 6.07) is 0. The first-order chi connectivity index (χ1) is 24.9. The fourth-order valence-electron chi connectivity index (χ4n) is 7.36. The molecule has 0 aromatic rings. The van der Waals surface area contributed by atoms with E-state index in [0.29, 0.717) is 0 Å². The van der Waals surface area contributed by atoms with Crippen LogP contribution in [-0.4, -0.2) is 0 Å². The van der Waals surface area contributed by atoms with Crippen LogP contribution in [0.25, 0.3) is 0 Å². The minimum atomic E-state index is 1.10. The van der Waals surface area contributed by atoms with Crippen molar-refractivity contribution in [3.8, 4) is 23.7 Å². The first kappa shape index (κ1) is 49.1. The summed E-state index contributed by atoms with van der Waals surface area (Å²) in [4.78, 5) is 0. The van der Waals surface area contributed by atoms with Crippen LogP contribution in [0.2, 0.25) is 0 Å². The maximum absolute atomic E-state index is 3.44. The average Bonchev–Trinajstić information content (AvgIpc) is 3.13. The zero-order valence-corrected chi connectivity index (χ0v) is 35.1. The molecule has 294 valence electrons. The van der Waals surface area contributed by atoms with E-state index >= 15 is 0 Å². The van der Waals surface area contributed by atoms with Gasteiger partial charge in [0.25, 0.3) is 0 Å². The molecule has 0 aliphatic carbocycles. The molecule has 0 amide bonds. The smallest absolute Gasteiger partial charge is 0.00886 e. The largest absolute Gasteiger partial charge is 0.103 e. The molecular formula is C50H94. The molecule has 0 saturated carbocycles. The lowest BCUT2D eigenvalue weighted by Gasteiger charge is -2.03. The van der Waals surface area contributed by atoms with Gasteiger partial charge >= 0.3 is 0 Å². The van der Waals surface area contributed by atoms with Crippen molar-refractivity contribution in [1.29, 1.82) is 0 Å². The van der Waals surface area contributed by atoms with E-state index in [9.17, 15) is 0 Å². The summed E-state index contributed by atoms with van der Waals surface area (Å²) in [6.07, 6.45) is 61.7. The topological polar surface area (TPSA) is 0 Å². The van der Waals surface area contributed by atoms with Crippen LogP contribution in [0.15, 0.2) is 0 Å². The summed E-state index contributed by atoms with van der Waals surface area (Å²) in [6.45, 7) is 4.61. The lowest BCUT2D eigenvalue weighted by Crippen LogP contribution is -1.84. The molecule has 0 N–H and O–H groups in total. The molecule has 0 heterocycles. The molecule has 50 heavy (non-hydrogen) atoms. The Bertz CT molecular complexity index is 648. The van der Waals surface area contributed by atoms with Gasteiger partial charge in [0.2, 0.25) is 0 Å². The summed E-state index contributed by atoms with van der Waals surface area (Å²) in [5.41, 5.74) is 0. The Balaban J connectivity index is 3.17. The van der Waals surface area contributed by atoms with Gasteiger partial charge in [-0.2, -0.15) is 0 Å². The van der Waals surface area contributed by atoms with E-state index in [4.69, 9.17) is 0 Å². The quantitative estimate of drug-likeness (QED) is 0.0441. The zero-order chi connectivity index (χ0) is 35.9. The third kappa shape index (κ3) is 47.1. The maximum atomic E-state index is 3.44. The van der Waals surface area contributed by atoms with Gasteiger partial charge in [0.05, 0.1) is 0 Å². The van der Waals surface area contributed by atoms with Crippen molar-refractivity contribution >= 4 is 0 Å². The van der Waals surface area contributed by atoms with E-state index in [1.807, 2.05) is 0 Å². The summed E-state index contributed by atoms with van der Waals surface area (Å²) in [5.74, 6) is 13.7. The Hall–Kier alpha value is -0.880. The maximum Gasteiger partial charge on any atom is 0.00886 e. The molecule has 0 bridgehead atoms. The fraction of sp³-hybridized carbons (Fsp3) is 0.920. The SMILES string of the molecule is CCCCCCCCCCCCCCCCCCCCC#CCCCCCCC#CCCCCCCCCCCCCCCCCCCCC. The first-order valence-electron chi connectivity index (χ1n) is 23.8. The number of unbranched alkanes of at least 4 members (excludes halogenated alkanes) is 41. The minimum absolute atomic E-state index is 1.10. The van der Waals surface area contributed by atoms with Crippen molar-refractivity contribution in [1.82, 2.24) is 0 Å². The van der Waals surface area contributed by atoms with E-state index in [-0.39, 0.29) is 0 Å². The third-order valence-electron chi connectivity index (χ3n) is 10.9. The molecule has 0 saturated heterocycles. The highest BCUT2D eigenvalue weighted by atomic mass is 14.0. The molecule has 0 heteroatoms. The molecule has 0 aromatic heterocycles. The second kappa shape index (κ2) is 48.1. The Kier molecular flexibility index (Phi) is 47.3. The Morgan fingerprint density at radius 1 is 0.160 bits per heavy atom. The van der Waals surface area contributed by atoms with Crippen molar-refractivity contribution in [2.24, 2.45) is 0 Å². The normalized spacial score (nSPS) is 11.0. The highest BCUT2D eigenvalue weighted by Crippen LogP contribution is 2.16. The second-order valence-corrected chi connectivity index (χ2v) is 16.1. The molecule has 0 aromatic carbocycles. The Morgan fingerprint density at radius 3 is 0.420 bits per heavy atom. The monoisotopic (exact) mass is 695 g/mol. The van der Waals surface area contributed by atoms with Gasteiger partial charge in [-0.3, -0.25) is 0 Å². The highest BCUT2D eigenvalue weighted by molar-refractivity contribution is 4.99. The van der Waals surface area contributed by atoms with Crippen LogP contribution >= 0.6 is 0 Å². The van der Waals surface area contributed by atoms with Gasteiger partial charge in [-0.25, -0.2) is 0 Å². The van der Waals surface area contributed by atoms with Crippen LogP contribution < -0.4 is 0 Å². The van der Waals surface area contributed by atoms with Gasteiger partial charge < -0.3 is 0 Å². The van der Waals surface area contributed by atoms with E-state index in [2.05, 4.69) is 37.5 Å². The first-order valence-corrected chi connectivity index (χ1v) is 23.8. The van der Waals surface area contributed by atoms with E-state index in [1.165, 1.54) is 257 Å². The molecule has 0 atom stereocenters. The summed E-state index contributed by atoms with van der Waals surface area (Å²) in [7, 11) is 0. The lowest BCUT2D eigenvalue weighted by atomic mass is 10.0. The fourth-order valence-corrected chi connectivity index (χ4v) is 7.36. The van der Waals surface area contributed by atoms with Crippen LogP contribution in [0, 0.1) is 23.7 Å². The molecular weight excluding hydrogens is 601 g/mol. The summed E-state index contributed by atoms with van der Waals surface area (Å²) >= 11 is 0. The van der Waals surface area contributed by atoms with Crippen molar-refractivity contribution < 1.29 is 0 Å². The Labute approximate surface area is 319 Å². The van der Waals surface area contributed by atoms with Crippen LogP contribution in [0.3, 0.4) is 0 Å². The van der Waals surface area contributed by atoms with Crippen LogP contribution in [-0.2, 0) is 0 Å². The van der Waals surface area contributed by atoms with Gasteiger partial charge in [0.1, 0.15) is 0 Å². The molecule has 0 aliphatic rings. The number of hydrogen-bond acceptors (Lipinski definition) is 0. The van der Waals surface area contributed by atoms with Crippen molar-refractivity contribution in [3.05, 3.63) is 0 Å². The van der Waals surface area contributed by atoms with Gasteiger partial charge in [-0.1, -0.05) is 245 Å². The van der Waals surface area contributed by atoms with Gasteiger partial charge in [0.15, 0.2) is 0 Å². The van der Waals surface area contributed by atoms with Crippen LogP contribution in [0.5, 0.6) is 0 Å². The van der Waals surface area contributed by atoms with Gasteiger partial charge in [-0.15, -0.1) is 23.7 Å². The predicted octanol–water partition coefficient (Wildman–Crippen LogP) is 18.2. The number of hydrogen-bond donors (Lipinski definition) is 0. The molecule has 0 radical (unpaired) electrons. The highest BCUT2D eigenvalue weighted by Gasteiger charge is 1.97. The van der Waals surface area contributed by atoms with E-state index < -0.39 is 0 Å². The standard InChI is InChI=1S/C50H94/c1-3-5-7-9-11-13-15-17-19-21-23-25-27-29-31-33-35-37-39-41-43-45-47-49-50-48-46-44-42-40-38-36-34-32-30-28-26-24-22-20-18-16-14-12-10-8-6-4-2/h3-40,45-50H2,1-2H3. The Morgan fingerprint density at radius 2 is 0.280 bits per heavy atom. The summed E-state index contributed by atoms with van der Waals surface area (Å²) < 4.78 is 0. The lowest BCUT2D eigenvalue weighted by molar-refractivity contribution is 0.525. The second-order valence-electron chi connectivity index (χ2n) is 16.1. The van der Waals surface area contributed by atoms with E-state index in [0.717, 1.165) is 25.7 Å². The summed E-state index contributed by atoms with van der Waals surface area (Å²) in [5, 5.41) is 0. The molecule has 0 spiro atoms. The number of rotatable bonds is 41.